The topological polar surface area (TPSA) is 78.9 Å². The molecule has 1 aliphatic heterocycles. The Morgan fingerprint density at radius 3 is 2.74 bits per heavy atom. The van der Waals surface area contributed by atoms with Gasteiger partial charge in [-0.2, -0.15) is 0 Å². The number of nitrogens with zero attached hydrogens (tertiary/aromatic N) is 1. The standard InChI is InChI=1S/C13H24N2O4/c1-4-6-13(2,11(16)17)14-12(18)15-7-5-10(8-15)9-19-3/h10H,4-9H2,1-3H3,(H,14,18)(H,16,17). The van der Waals surface area contributed by atoms with Crippen LogP contribution in [0.3, 0.4) is 0 Å². The largest absolute Gasteiger partial charge is 0.480 e. The molecule has 0 aromatic rings. The van der Waals surface area contributed by atoms with Crippen molar-refractivity contribution < 1.29 is 19.4 Å². The van der Waals surface area contributed by atoms with Gasteiger partial charge in [-0.15, -0.1) is 0 Å². The molecule has 2 atom stereocenters. The lowest BCUT2D eigenvalue weighted by Gasteiger charge is -2.28. The van der Waals surface area contributed by atoms with E-state index < -0.39 is 11.5 Å². The second-order valence-electron chi connectivity index (χ2n) is 5.37. The first-order chi connectivity index (χ1) is 8.92. The molecule has 0 spiro atoms. The van der Waals surface area contributed by atoms with Crippen LogP contribution in [0, 0.1) is 5.92 Å². The zero-order chi connectivity index (χ0) is 14.5. The first-order valence-electron chi connectivity index (χ1n) is 6.72. The number of amides is 2. The molecule has 0 aromatic carbocycles. The molecule has 2 unspecified atom stereocenters. The van der Waals surface area contributed by atoms with Crippen LogP contribution in [0.1, 0.15) is 33.1 Å². The Labute approximate surface area is 114 Å². The number of rotatable bonds is 6. The van der Waals surface area contributed by atoms with Crippen LogP contribution in [-0.2, 0) is 9.53 Å². The maximum absolute atomic E-state index is 12.1. The molecule has 1 aliphatic rings. The monoisotopic (exact) mass is 272 g/mol. The second-order valence-corrected chi connectivity index (χ2v) is 5.37. The van der Waals surface area contributed by atoms with Gasteiger partial charge in [-0.1, -0.05) is 13.3 Å². The van der Waals surface area contributed by atoms with Gasteiger partial charge in [-0.25, -0.2) is 9.59 Å². The summed E-state index contributed by atoms with van der Waals surface area (Å²) >= 11 is 0. The molecule has 1 rings (SSSR count). The lowest BCUT2D eigenvalue weighted by molar-refractivity contribution is -0.144. The number of methoxy groups -OCH3 is 1. The number of nitrogens with one attached hydrogen (secondary N) is 1. The van der Waals surface area contributed by atoms with Crippen LogP contribution in [-0.4, -0.2) is 54.4 Å². The number of hydrogen-bond donors (Lipinski definition) is 2. The van der Waals surface area contributed by atoms with Crippen LogP contribution in [0.5, 0.6) is 0 Å². The average Bonchev–Trinajstić information content (AvgIpc) is 2.78. The average molecular weight is 272 g/mol. The summed E-state index contributed by atoms with van der Waals surface area (Å²) in [7, 11) is 1.64. The quantitative estimate of drug-likeness (QED) is 0.764. The van der Waals surface area contributed by atoms with E-state index in [0.29, 0.717) is 38.5 Å². The number of carbonyl (C=O) groups is 2. The van der Waals surface area contributed by atoms with Crippen molar-refractivity contribution in [3.8, 4) is 0 Å². The molecule has 6 heteroatoms. The van der Waals surface area contributed by atoms with Crippen molar-refractivity contribution in [1.82, 2.24) is 10.2 Å². The summed E-state index contributed by atoms with van der Waals surface area (Å²) in [6.07, 6.45) is 2.03. The summed E-state index contributed by atoms with van der Waals surface area (Å²) in [4.78, 5) is 25.0. The maximum Gasteiger partial charge on any atom is 0.329 e. The molecule has 1 fully saturated rings. The lowest BCUT2D eigenvalue weighted by Crippen LogP contribution is -2.55. The Kier molecular flexibility index (Phi) is 5.60. The Bertz CT molecular complexity index is 335. The van der Waals surface area contributed by atoms with Crippen LogP contribution < -0.4 is 5.32 Å². The van der Waals surface area contributed by atoms with Crippen LogP contribution in [0.2, 0.25) is 0 Å². The number of carboxylic acids is 1. The number of aliphatic carboxylic acids is 1. The number of likely N-dealkylation sites (tertiary alicyclic amines) is 1. The molecule has 1 heterocycles. The van der Waals surface area contributed by atoms with Crippen molar-refractivity contribution >= 4 is 12.0 Å². The molecule has 0 saturated carbocycles. The minimum atomic E-state index is -1.19. The number of ether oxygens (including phenoxy) is 1. The van der Waals surface area contributed by atoms with Gasteiger partial charge in [0, 0.05) is 26.1 Å². The smallest absolute Gasteiger partial charge is 0.329 e. The van der Waals surface area contributed by atoms with Crippen LogP contribution in [0.25, 0.3) is 0 Å². The fourth-order valence-electron chi connectivity index (χ4n) is 2.43. The van der Waals surface area contributed by atoms with E-state index in [1.54, 1.807) is 18.9 Å². The highest BCUT2D eigenvalue weighted by Crippen LogP contribution is 2.18. The summed E-state index contributed by atoms with van der Waals surface area (Å²) in [5.41, 5.74) is -1.19. The summed E-state index contributed by atoms with van der Waals surface area (Å²) in [5, 5.41) is 11.9. The molecule has 0 bridgehead atoms. The molecule has 0 aliphatic carbocycles. The predicted octanol–water partition coefficient (Wildman–Crippen LogP) is 1.31. The van der Waals surface area contributed by atoms with Crippen LogP contribution in [0.4, 0.5) is 4.79 Å². The third kappa shape index (κ3) is 4.09. The second kappa shape index (κ2) is 6.75. The maximum atomic E-state index is 12.1. The van der Waals surface area contributed by atoms with Gasteiger partial charge in [0.1, 0.15) is 5.54 Å². The summed E-state index contributed by atoms with van der Waals surface area (Å²) < 4.78 is 5.08. The summed E-state index contributed by atoms with van der Waals surface area (Å²) in [6.45, 7) is 5.37. The Morgan fingerprint density at radius 2 is 2.21 bits per heavy atom. The Hall–Kier alpha value is -1.30. The van der Waals surface area contributed by atoms with Gasteiger partial charge in [0.2, 0.25) is 0 Å². The normalized spacial score (nSPS) is 22.1. The van der Waals surface area contributed by atoms with Gasteiger partial charge in [0.25, 0.3) is 0 Å². The number of hydrogen-bond acceptors (Lipinski definition) is 3. The van der Waals surface area contributed by atoms with E-state index >= 15 is 0 Å². The number of carbonyl (C=O) groups excluding carboxylic acids is 1. The van der Waals surface area contributed by atoms with E-state index in [2.05, 4.69) is 5.32 Å². The molecular weight excluding hydrogens is 248 g/mol. The van der Waals surface area contributed by atoms with Crippen molar-refractivity contribution in [2.24, 2.45) is 5.92 Å². The minimum Gasteiger partial charge on any atom is -0.480 e. The SMILES string of the molecule is CCCC(C)(NC(=O)N1CCC(COC)C1)C(=O)O. The van der Waals surface area contributed by atoms with Crippen LogP contribution >= 0.6 is 0 Å². The Morgan fingerprint density at radius 1 is 1.53 bits per heavy atom. The molecule has 2 amide bonds. The van der Waals surface area contributed by atoms with Gasteiger partial charge in [-0.05, 0) is 19.8 Å². The molecule has 2 N–H and O–H groups in total. The third-order valence-corrected chi connectivity index (χ3v) is 3.58. The molecule has 110 valence electrons. The van der Waals surface area contributed by atoms with Crippen molar-refractivity contribution in [3.05, 3.63) is 0 Å². The molecule has 1 saturated heterocycles. The van der Waals surface area contributed by atoms with E-state index in [4.69, 9.17) is 4.74 Å². The van der Waals surface area contributed by atoms with E-state index in [1.807, 2.05) is 6.92 Å². The minimum absolute atomic E-state index is 0.294. The third-order valence-electron chi connectivity index (χ3n) is 3.58. The summed E-state index contributed by atoms with van der Waals surface area (Å²) in [6, 6.07) is -0.294. The lowest BCUT2D eigenvalue weighted by atomic mass is 9.96. The number of carboxylic acid groups (broad SMARTS) is 1. The first kappa shape index (κ1) is 15.8. The van der Waals surface area contributed by atoms with Crippen LogP contribution in [0.15, 0.2) is 0 Å². The zero-order valence-corrected chi connectivity index (χ0v) is 11.9. The van der Waals surface area contributed by atoms with Gasteiger partial charge >= 0.3 is 12.0 Å². The van der Waals surface area contributed by atoms with Gasteiger partial charge in [0.15, 0.2) is 0 Å². The van der Waals surface area contributed by atoms with Crippen molar-refractivity contribution in [2.75, 3.05) is 26.8 Å². The molecule has 6 nitrogen and oxygen atoms in total. The van der Waals surface area contributed by atoms with Gasteiger partial charge < -0.3 is 20.1 Å². The van der Waals surface area contributed by atoms with Gasteiger partial charge in [0.05, 0.1) is 6.61 Å². The number of urea groups is 1. The molecule has 0 aromatic heterocycles. The van der Waals surface area contributed by atoms with Gasteiger partial charge in [-0.3, -0.25) is 0 Å². The fourth-order valence-corrected chi connectivity index (χ4v) is 2.43. The highest BCUT2D eigenvalue weighted by atomic mass is 16.5. The van der Waals surface area contributed by atoms with Crippen molar-refractivity contribution in [2.45, 2.75) is 38.6 Å². The van der Waals surface area contributed by atoms with Crippen molar-refractivity contribution in [1.29, 1.82) is 0 Å². The molecule has 19 heavy (non-hydrogen) atoms. The fraction of sp³-hybridized carbons (Fsp3) is 0.846. The van der Waals surface area contributed by atoms with E-state index in [9.17, 15) is 14.7 Å². The predicted molar refractivity (Wildman–Crippen MR) is 71.0 cm³/mol. The first-order valence-corrected chi connectivity index (χ1v) is 6.72. The van der Waals surface area contributed by atoms with E-state index in [-0.39, 0.29) is 6.03 Å². The summed E-state index contributed by atoms with van der Waals surface area (Å²) in [5.74, 6) is -0.645. The molecular formula is C13H24N2O4. The zero-order valence-electron chi connectivity index (χ0n) is 11.9. The molecule has 0 radical (unpaired) electrons. The van der Waals surface area contributed by atoms with E-state index in [0.717, 1.165) is 6.42 Å². The van der Waals surface area contributed by atoms with Crippen molar-refractivity contribution in [3.63, 3.8) is 0 Å². The van der Waals surface area contributed by atoms with E-state index in [1.165, 1.54) is 0 Å². The highest BCUT2D eigenvalue weighted by Gasteiger charge is 2.36. The highest BCUT2D eigenvalue weighted by molar-refractivity contribution is 5.86. The Balaban J connectivity index is 2.56.